The molecule has 4 nitrogen and oxygen atoms in total. The van der Waals surface area contributed by atoms with Crippen molar-refractivity contribution in [1.29, 1.82) is 0 Å². The average Bonchev–Trinajstić information content (AvgIpc) is 2.75. The van der Waals surface area contributed by atoms with Crippen molar-refractivity contribution >= 4 is 11.6 Å². The second-order valence-electron chi connectivity index (χ2n) is 3.73. The molecule has 0 aliphatic rings. The summed E-state index contributed by atoms with van der Waals surface area (Å²) in [6.07, 6.45) is 3.45. The number of esters is 1. The van der Waals surface area contributed by atoms with Crippen molar-refractivity contribution in [2.75, 3.05) is 6.61 Å². The van der Waals surface area contributed by atoms with Crippen molar-refractivity contribution in [1.82, 2.24) is 9.38 Å². The Hall–Kier alpha value is -1.84. The fourth-order valence-corrected chi connectivity index (χ4v) is 1.58. The Morgan fingerprint density at radius 2 is 2.00 bits per heavy atom. The molecular weight excluding hydrogens is 228 g/mol. The number of hydrogen-bond acceptors (Lipinski definition) is 3. The second-order valence-corrected chi connectivity index (χ2v) is 3.73. The third kappa shape index (κ3) is 2.70. The molecule has 98 valence electrons. The first-order valence-corrected chi connectivity index (χ1v) is 6.25. The molecule has 0 saturated heterocycles. The van der Waals surface area contributed by atoms with E-state index in [-0.39, 0.29) is 5.97 Å². The third-order valence-corrected chi connectivity index (χ3v) is 2.60. The molecule has 0 radical (unpaired) electrons. The topological polar surface area (TPSA) is 43.6 Å². The summed E-state index contributed by atoms with van der Waals surface area (Å²) in [5.74, 6) is -0.335. The number of ether oxygens (including phenoxy) is 1. The lowest BCUT2D eigenvalue weighted by Gasteiger charge is -2.04. The van der Waals surface area contributed by atoms with Gasteiger partial charge in [0.1, 0.15) is 5.65 Å². The molecule has 2 aromatic heterocycles. The van der Waals surface area contributed by atoms with Crippen LogP contribution in [0.25, 0.3) is 5.65 Å². The van der Waals surface area contributed by atoms with Crippen LogP contribution in [0, 0.1) is 13.8 Å². The molecule has 0 spiro atoms. The first-order valence-electron chi connectivity index (χ1n) is 6.25. The molecule has 0 aromatic carbocycles. The van der Waals surface area contributed by atoms with E-state index in [1.165, 1.54) is 0 Å². The number of rotatable bonds is 2. The van der Waals surface area contributed by atoms with Crippen LogP contribution in [-0.4, -0.2) is 22.0 Å². The standard InChI is InChI=1S/C12H14N2O2.C2H6/c1-4-16-12(15)10-6-13-11-5-8(2)9(3)7-14(10)11;1-2/h5-7H,4H2,1-3H3;1-2H3. The third-order valence-electron chi connectivity index (χ3n) is 2.60. The van der Waals surface area contributed by atoms with E-state index in [9.17, 15) is 4.79 Å². The van der Waals surface area contributed by atoms with Crippen molar-refractivity contribution < 1.29 is 9.53 Å². The van der Waals surface area contributed by atoms with Gasteiger partial charge in [0.2, 0.25) is 0 Å². The summed E-state index contributed by atoms with van der Waals surface area (Å²) in [6.45, 7) is 10.2. The molecule has 0 bridgehead atoms. The summed E-state index contributed by atoms with van der Waals surface area (Å²) in [4.78, 5) is 15.8. The SMILES string of the molecule is CC.CCOC(=O)c1cnc2cc(C)c(C)cn12. The summed E-state index contributed by atoms with van der Waals surface area (Å²) in [5.41, 5.74) is 3.52. The molecule has 0 aliphatic heterocycles. The highest BCUT2D eigenvalue weighted by atomic mass is 16.5. The van der Waals surface area contributed by atoms with E-state index < -0.39 is 0 Å². The molecule has 0 aliphatic carbocycles. The van der Waals surface area contributed by atoms with Gasteiger partial charge in [0.15, 0.2) is 5.69 Å². The molecule has 0 amide bonds. The molecule has 0 saturated carbocycles. The van der Waals surface area contributed by atoms with E-state index in [1.807, 2.05) is 40.0 Å². The Morgan fingerprint density at radius 1 is 1.33 bits per heavy atom. The van der Waals surface area contributed by atoms with Crippen molar-refractivity contribution in [3.8, 4) is 0 Å². The van der Waals surface area contributed by atoms with Crippen molar-refractivity contribution in [3.05, 3.63) is 35.3 Å². The highest BCUT2D eigenvalue weighted by molar-refractivity contribution is 5.88. The minimum absolute atomic E-state index is 0.335. The Balaban J connectivity index is 0.000000771. The van der Waals surface area contributed by atoms with Gasteiger partial charge >= 0.3 is 5.97 Å². The zero-order valence-corrected chi connectivity index (χ0v) is 11.7. The van der Waals surface area contributed by atoms with Gasteiger partial charge in [-0.25, -0.2) is 9.78 Å². The molecule has 0 fully saturated rings. The summed E-state index contributed by atoms with van der Waals surface area (Å²) in [5, 5.41) is 0. The highest BCUT2D eigenvalue weighted by Gasteiger charge is 2.13. The van der Waals surface area contributed by atoms with Gasteiger partial charge in [-0.15, -0.1) is 0 Å². The van der Waals surface area contributed by atoms with Crippen molar-refractivity contribution in [3.63, 3.8) is 0 Å². The van der Waals surface area contributed by atoms with Crippen LogP contribution in [0.15, 0.2) is 18.5 Å². The summed E-state index contributed by atoms with van der Waals surface area (Å²) in [7, 11) is 0. The zero-order valence-electron chi connectivity index (χ0n) is 11.7. The largest absolute Gasteiger partial charge is 0.461 e. The van der Waals surface area contributed by atoms with Crippen LogP contribution in [-0.2, 0) is 4.74 Å². The predicted octanol–water partition coefficient (Wildman–Crippen LogP) is 3.15. The van der Waals surface area contributed by atoms with Crippen LogP contribution in [0.3, 0.4) is 0 Å². The molecule has 18 heavy (non-hydrogen) atoms. The van der Waals surface area contributed by atoms with Crippen LogP contribution in [0.2, 0.25) is 0 Å². The second kappa shape index (κ2) is 6.19. The van der Waals surface area contributed by atoms with Crippen molar-refractivity contribution in [2.24, 2.45) is 0 Å². The Labute approximate surface area is 108 Å². The molecule has 2 heterocycles. The maximum Gasteiger partial charge on any atom is 0.356 e. The zero-order chi connectivity index (χ0) is 13.7. The number of nitrogens with zero attached hydrogens (tertiary/aromatic N) is 2. The average molecular weight is 248 g/mol. The summed E-state index contributed by atoms with van der Waals surface area (Å²) in [6, 6.07) is 1.96. The molecular formula is C14H20N2O2. The molecule has 0 N–H and O–H groups in total. The van der Waals surface area contributed by atoms with E-state index in [4.69, 9.17) is 4.74 Å². The maximum atomic E-state index is 11.6. The van der Waals surface area contributed by atoms with Gasteiger partial charge in [0.05, 0.1) is 12.8 Å². The number of hydrogen-bond donors (Lipinski definition) is 0. The highest BCUT2D eigenvalue weighted by Crippen LogP contribution is 2.13. The normalized spacial score (nSPS) is 9.83. The summed E-state index contributed by atoms with van der Waals surface area (Å²) < 4.78 is 6.73. The van der Waals surface area contributed by atoms with E-state index >= 15 is 0 Å². The number of imidazole rings is 1. The summed E-state index contributed by atoms with van der Waals surface area (Å²) >= 11 is 0. The van der Waals surface area contributed by atoms with E-state index in [1.54, 1.807) is 17.5 Å². The number of aromatic nitrogens is 2. The lowest BCUT2D eigenvalue weighted by molar-refractivity contribution is 0.0518. The molecule has 0 unspecified atom stereocenters. The van der Waals surface area contributed by atoms with Gasteiger partial charge in [-0.05, 0) is 38.0 Å². The molecule has 2 aromatic rings. The number of fused-ring (bicyclic) bond motifs is 1. The van der Waals surface area contributed by atoms with Crippen LogP contribution in [0.1, 0.15) is 42.4 Å². The number of carbonyl (C=O) groups excluding carboxylic acids is 1. The first-order chi connectivity index (χ1) is 8.63. The number of aryl methyl sites for hydroxylation is 2. The Kier molecular flexibility index (Phi) is 4.89. The quantitative estimate of drug-likeness (QED) is 0.767. The fourth-order valence-electron chi connectivity index (χ4n) is 1.58. The minimum atomic E-state index is -0.335. The van der Waals surface area contributed by atoms with Gasteiger partial charge in [0, 0.05) is 6.20 Å². The van der Waals surface area contributed by atoms with Gasteiger partial charge in [0.25, 0.3) is 0 Å². The van der Waals surface area contributed by atoms with E-state index in [0.717, 1.165) is 16.8 Å². The predicted molar refractivity (Wildman–Crippen MR) is 72.0 cm³/mol. The lowest BCUT2D eigenvalue weighted by Crippen LogP contribution is -2.08. The first kappa shape index (κ1) is 14.2. The van der Waals surface area contributed by atoms with Gasteiger partial charge in [-0.3, -0.25) is 4.40 Å². The van der Waals surface area contributed by atoms with Crippen molar-refractivity contribution in [2.45, 2.75) is 34.6 Å². The smallest absolute Gasteiger partial charge is 0.356 e. The van der Waals surface area contributed by atoms with Gasteiger partial charge < -0.3 is 4.74 Å². The van der Waals surface area contributed by atoms with Crippen LogP contribution < -0.4 is 0 Å². The van der Waals surface area contributed by atoms with E-state index in [0.29, 0.717) is 12.3 Å². The lowest BCUT2D eigenvalue weighted by atomic mass is 10.2. The van der Waals surface area contributed by atoms with Gasteiger partial charge in [-0.1, -0.05) is 13.8 Å². The minimum Gasteiger partial charge on any atom is -0.461 e. The van der Waals surface area contributed by atoms with Crippen LogP contribution in [0.4, 0.5) is 0 Å². The van der Waals surface area contributed by atoms with Gasteiger partial charge in [-0.2, -0.15) is 0 Å². The van der Waals surface area contributed by atoms with Crippen LogP contribution >= 0.6 is 0 Å². The van der Waals surface area contributed by atoms with Crippen LogP contribution in [0.5, 0.6) is 0 Å². The molecule has 0 atom stereocenters. The monoisotopic (exact) mass is 248 g/mol. The Bertz CT molecular complexity index is 544. The number of pyridine rings is 1. The Morgan fingerprint density at radius 3 is 2.61 bits per heavy atom. The van der Waals surface area contributed by atoms with E-state index in [2.05, 4.69) is 4.98 Å². The maximum absolute atomic E-state index is 11.6. The molecule has 4 heteroatoms. The fraction of sp³-hybridized carbons (Fsp3) is 0.429. The number of carbonyl (C=O) groups is 1. The molecule has 2 rings (SSSR count).